The third kappa shape index (κ3) is 2.73. The average Bonchev–Trinajstić information content (AvgIpc) is 2.39. The molecule has 1 aliphatic rings. The fraction of sp³-hybridized carbons (Fsp3) is 0.400. The number of nitrogens with zero attached hydrogens (tertiary/aromatic N) is 3. The highest BCUT2D eigenvalue weighted by Crippen LogP contribution is 2.13. The van der Waals surface area contributed by atoms with Gasteiger partial charge in [-0.1, -0.05) is 5.16 Å². The minimum Gasteiger partial charge on any atom is -0.409 e. The Morgan fingerprint density at radius 2 is 2.18 bits per heavy atom. The van der Waals surface area contributed by atoms with Gasteiger partial charge in [0.25, 0.3) is 0 Å². The summed E-state index contributed by atoms with van der Waals surface area (Å²) in [5, 5.41) is 11.4. The van der Waals surface area contributed by atoms with E-state index in [9.17, 15) is 4.21 Å². The first-order valence-electron chi connectivity index (χ1n) is 5.24. The molecule has 7 heteroatoms. The maximum atomic E-state index is 11.2. The molecule has 0 amide bonds. The molecule has 6 nitrogen and oxygen atoms in total. The van der Waals surface area contributed by atoms with Gasteiger partial charge in [0.1, 0.15) is 5.82 Å². The van der Waals surface area contributed by atoms with Crippen LogP contribution < -0.4 is 10.6 Å². The molecule has 17 heavy (non-hydrogen) atoms. The molecule has 0 saturated carbocycles. The summed E-state index contributed by atoms with van der Waals surface area (Å²) in [6.45, 7) is 1.51. The quantitative estimate of drug-likeness (QED) is 0.328. The fourth-order valence-corrected chi connectivity index (χ4v) is 2.70. The van der Waals surface area contributed by atoms with Crippen molar-refractivity contribution in [2.75, 3.05) is 29.5 Å². The Balaban J connectivity index is 2.10. The molecule has 1 aromatic rings. The van der Waals surface area contributed by atoms with Gasteiger partial charge in [-0.25, -0.2) is 4.98 Å². The van der Waals surface area contributed by atoms with Crippen molar-refractivity contribution in [2.45, 2.75) is 0 Å². The van der Waals surface area contributed by atoms with Gasteiger partial charge in [-0.05, 0) is 12.1 Å². The number of anilines is 1. The molecule has 1 aromatic heterocycles. The van der Waals surface area contributed by atoms with Gasteiger partial charge in [-0.3, -0.25) is 4.21 Å². The summed E-state index contributed by atoms with van der Waals surface area (Å²) >= 11 is 0. The fourth-order valence-electron chi connectivity index (χ4n) is 1.65. The van der Waals surface area contributed by atoms with Crippen molar-refractivity contribution in [1.82, 2.24) is 4.98 Å². The minimum atomic E-state index is -0.689. The monoisotopic (exact) mass is 254 g/mol. The maximum Gasteiger partial charge on any atom is 0.171 e. The van der Waals surface area contributed by atoms with Gasteiger partial charge in [-0.15, -0.1) is 0 Å². The normalized spacial score (nSPS) is 18.4. The summed E-state index contributed by atoms with van der Waals surface area (Å²) in [6, 6.07) is 3.57. The molecule has 0 bridgehead atoms. The molecule has 1 saturated heterocycles. The number of hydrogen-bond acceptors (Lipinski definition) is 5. The highest BCUT2D eigenvalue weighted by molar-refractivity contribution is 7.85. The van der Waals surface area contributed by atoms with Crippen LogP contribution in [-0.4, -0.2) is 44.8 Å². The SMILES string of the molecule is N/C(=N/O)c1ccc(N2CCS(=O)CC2)nc1. The van der Waals surface area contributed by atoms with E-state index < -0.39 is 10.8 Å². The Hall–Kier alpha value is -1.63. The lowest BCUT2D eigenvalue weighted by atomic mass is 10.2. The molecule has 0 radical (unpaired) electrons. The zero-order chi connectivity index (χ0) is 12.3. The molecular formula is C10H14N4O2S. The van der Waals surface area contributed by atoms with E-state index >= 15 is 0 Å². The molecule has 2 heterocycles. The van der Waals surface area contributed by atoms with Crippen LogP contribution in [0.15, 0.2) is 23.5 Å². The molecule has 3 N–H and O–H groups in total. The predicted octanol–water partition coefficient (Wildman–Crippen LogP) is -0.255. The molecule has 0 aromatic carbocycles. The van der Waals surface area contributed by atoms with Crippen molar-refractivity contribution in [2.24, 2.45) is 10.9 Å². The molecular weight excluding hydrogens is 240 g/mol. The van der Waals surface area contributed by atoms with E-state index in [0.717, 1.165) is 18.9 Å². The molecule has 2 rings (SSSR count). The third-order valence-corrected chi connectivity index (χ3v) is 3.93. The number of hydrogen-bond donors (Lipinski definition) is 2. The summed E-state index contributed by atoms with van der Waals surface area (Å²) in [7, 11) is -0.689. The van der Waals surface area contributed by atoms with E-state index in [0.29, 0.717) is 17.1 Å². The molecule has 0 atom stereocenters. The highest BCUT2D eigenvalue weighted by Gasteiger charge is 2.16. The third-order valence-electron chi connectivity index (χ3n) is 2.65. The highest BCUT2D eigenvalue weighted by atomic mass is 32.2. The zero-order valence-corrected chi connectivity index (χ0v) is 10.1. The molecule has 0 aliphatic carbocycles. The number of nitrogens with two attached hydrogens (primary N) is 1. The van der Waals surface area contributed by atoms with Crippen molar-refractivity contribution in [1.29, 1.82) is 0 Å². The van der Waals surface area contributed by atoms with Crippen LogP contribution in [0.3, 0.4) is 0 Å². The molecule has 1 aliphatic heterocycles. The Morgan fingerprint density at radius 3 is 2.71 bits per heavy atom. The molecule has 0 unspecified atom stereocenters. The van der Waals surface area contributed by atoms with Crippen LogP contribution in [-0.2, 0) is 10.8 Å². The first-order valence-corrected chi connectivity index (χ1v) is 6.73. The van der Waals surface area contributed by atoms with Gasteiger partial charge in [0, 0.05) is 47.2 Å². The lowest BCUT2D eigenvalue weighted by molar-refractivity contribution is 0.318. The lowest BCUT2D eigenvalue weighted by Crippen LogP contribution is -2.38. The molecule has 0 spiro atoms. The Labute approximate surface area is 102 Å². The van der Waals surface area contributed by atoms with Crippen molar-refractivity contribution < 1.29 is 9.42 Å². The first kappa shape index (κ1) is 11.8. The van der Waals surface area contributed by atoms with E-state index in [2.05, 4.69) is 15.0 Å². The summed E-state index contributed by atoms with van der Waals surface area (Å²) in [5.41, 5.74) is 6.03. The van der Waals surface area contributed by atoms with E-state index in [1.807, 2.05) is 6.07 Å². The van der Waals surface area contributed by atoms with Crippen LogP contribution in [0.5, 0.6) is 0 Å². The van der Waals surface area contributed by atoms with Gasteiger partial charge in [0.2, 0.25) is 0 Å². The summed E-state index contributed by atoms with van der Waals surface area (Å²) in [6.07, 6.45) is 1.57. The number of amidine groups is 1. The zero-order valence-electron chi connectivity index (χ0n) is 9.24. The smallest absolute Gasteiger partial charge is 0.171 e. The number of pyridine rings is 1. The van der Waals surface area contributed by atoms with E-state index in [4.69, 9.17) is 10.9 Å². The maximum absolute atomic E-state index is 11.2. The number of rotatable bonds is 2. The second kappa shape index (κ2) is 5.13. The van der Waals surface area contributed by atoms with Gasteiger partial charge >= 0.3 is 0 Å². The van der Waals surface area contributed by atoms with Gasteiger partial charge in [0.05, 0.1) is 0 Å². The second-order valence-electron chi connectivity index (χ2n) is 3.73. The van der Waals surface area contributed by atoms with Crippen LogP contribution in [0.4, 0.5) is 5.82 Å². The Bertz CT molecular complexity index is 436. The summed E-state index contributed by atoms with van der Waals surface area (Å²) < 4.78 is 11.2. The van der Waals surface area contributed by atoms with E-state index in [-0.39, 0.29) is 5.84 Å². The number of oxime groups is 1. The van der Waals surface area contributed by atoms with Crippen molar-refractivity contribution in [3.63, 3.8) is 0 Å². The Morgan fingerprint density at radius 1 is 1.47 bits per heavy atom. The van der Waals surface area contributed by atoms with Gasteiger partial charge in [0.15, 0.2) is 5.84 Å². The lowest BCUT2D eigenvalue weighted by Gasteiger charge is -2.27. The van der Waals surface area contributed by atoms with Crippen molar-refractivity contribution in [3.8, 4) is 0 Å². The van der Waals surface area contributed by atoms with Gasteiger partial charge in [-0.2, -0.15) is 0 Å². The van der Waals surface area contributed by atoms with Crippen LogP contribution in [0.25, 0.3) is 0 Å². The molecule has 1 fully saturated rings. The predicted molar refractivity (Wildman–Crippen MR) is 66.8 cm³/mol. The van der Waals surface area contributed by atoms with Crippen molar-refractivity contribution in [3.05, 3.63) is 23.9 Å². The van der Waals surface area contributed by atoms with Crippen LogP contribution in [0.2, 0.25) is 0 Å². The van der Waals surface area contributed by atoms with E-state index in [1.54, 1.807) is 12.3 Å². The standard InChI is InChI=1S/C10H14N4O2S/c11-10(13-15)8-1-2-9(12-7-8)14-3-5-17(16)6-4-14/h1-2,7,15H,3-6H2,(H2,11,13). The van der Waals surface area contributed by atoms with Gasteiger partial charge < -0.3 is 15.8 Å². The van der Waals surface area contributed by atoms with Crippen LogP contribution >= 0.6 is 0 Å². The van der Waals surface area contributed by atoms with E-state index in [1.165, 1.54) is 0 Å². The Kier molecular flexibility index (Phi) is 3.58. The molecule has 92 valence electrons. The van der Waals surface area contributed by atoms with Crippen LogP contribution in [0, 0.1) is 0 Å². The minimum absolute atomic E-state index is 0.0452. The topological polar surface area (TPSA) is 91.8 Å². The summed E-state index contributed by atoms with van der Waals surface area (Å²) in [5.74, 6) is 2.24. The number of aromatic nitrogens is 1. The van der Waals surface area contributed by atoms with Crippen LogP contribution in [0.1, 0.15) is 5.56 Å². The summed E-state index contributed by atoms with van der Waals surface area (Å²) in [4.78, 5) is 6.33. The second-order valence-corrected chi connectivity index (χ2v) is 5.42. The first-order chi connectivity index (χ1) is 8.20. The average molecular weight is 254 g/mol. The van der Waals surface area contributed by atoms with Crippen molar-refractivity contribution >= 4 is 22.5 Å². The largest absolute Gasteiger partial charge is 0.409 e.